The molecule has 0 radical (unpaired) electrons. The second kappa shape index (κ2) is 6.59. The molecule has 0 aromatic carbocycles. The lowest BCUT2D eigenvalue weighted by Gasteiger charge is -2.05. The number of nitrogens with one attached hydrogen (secondary N) is 1. The summed E-state index contributed by atoms with van der Waals surface area (Å²) in [5.74, 6) is 0.447. The zero-order valence-corrected chi connectivity index (χ0v) is 13.9. The van der Waals surface area contributed by atoms with E-state index < -0.39 is 0 Å². The molecule has 9 heteroatoms. The number of pyridine rings is 1. The number of H-pyrrole nitrogens is 1. The molecule has 0 saturated heterocycles. The first kappa shape index (κ1) is 15.8. The lowest BCUT2D eigenvalue weighted by molar-refractivity contribution is 0.603. The Kier molecular flexibility index (Phi) is 4.53. The number of halogens is 1. The van der Waals surface area contributed by atoms with Gasteiger partial charge in [0, 0.05) is 24.6 Å². The number of aromatic amines is 1. The SMILES string of the molecule is CCCn1c(SCc2cc(=O)n3cc(Cl)ccc3n2)n[nH]c1=O. The van der Waals surface area contributed by atoms with Crippen LogP contribution in [0.1, 0.15) is 19.0 Å². The molecule has 3 rings (SSSR count). The minimum atomic E-state index is -0.226. The smallest absolute Gasteiger partial charge is 0.270 e. The number of hydrogen-bond acceptors (Lipinski definition) is 5. The third-order valence-electron chi connectivity index (χ3n) is 3.20. The van der Waals surface area contributed by atoms with Gasteiger partial charge in [0.15, 0.2) is 5.16 Å². The molecule has 23 heavy (non-hydrogen) atoms. The van der Waals surface area contributed by atoms with E-state index in [9.17, 15) is 9.59 Å². The van der Waals surface area contributed by atoms with Crippen molar-refractivity contribution in [1.82, 2.24) is 24.1 Å². The van der Waals surface area contributed by atoms with E-state index in [0.29, 0.717) is 33.8 Å². The first-order chi connectivity index (χ1) is 11.1. The van der Waals surface area contributed by atoms with Gasteiger partial charge < -0.3 is 0 Å². The van der Waals surface area contributed by atoms with Gasteiger partial charge in [-0.25, -0.2) is 14.9 Å². The van der Waals surface area contributed by atoms with E-state index in [1.165, 1.54) is 28.4 Å². The normalized spacial score (nSPS) is 11.2. The molecule has 1 N–H and O–H groups in total. The number of fused-ring (bicyclic) bond motifs is 1. The molecular weight excluding hydrogens is 338 g/mol. The van der Waals surface area contributed by atoms with Gasteiger partial charge in [0.1, 0.15) is 5.65 Å². The van der Waals surface area contributed by atoms with Gasteiger partial charge in [-0.2, -0.15) is 0 Å². The quantitative estimate of drug-likeness (QED) is 0.710. The van der Waals surface area contributed by atoms with Crippen molar-refractivity contribution in [3.8, 4) is 0 Å². The largest absolute Gasteiger partial charge is 0.343 e. The van der Waals surface area contributed by atoms with Crippen LogP contribution in [-0.2, 0) is 12.3 Å². The molecule has 0 aliphatic carbocycles. The fourth-order valence-corrected chi connectivity index (χ4v) is 3.20. The Morgan fingerprint density at radius 1 is 1.35 bits per heavy atom. The van der Waals surface area contributed by atoms with E-state index in [1.54, 1.807) is 16.7 Å². The maximum absolute atomic E-state index is 12.1. The van der Waals surface area contributed by atoms with Crippen molar-refractivity contribution < 1.29 is 0 Å². The van der Waals surface area contributed by atoms with Gasteiger partial charge >= 0.3 is 5.69 Å². The Balaban J connectivity index is 1.87. The zero-order chi connectivity index (χ0) is 16.4. The van der Waals surface area contributed by atoms with Gasteiger partial charge in [-0.05, 0) is 18.6 Å². The summed E-state index contributed by atoms with van der Waals surface area (Å²) in [5.41, 5.74) is 0.739. The maximum Gasteiger partial charge on any atom is 0.343 e. The first-order valence-corrected chi connectivity index (χ1v) is 8.40. The number of nitrogens with zero attached hydrogens (tertiary/aromatic N) is 4. The Labute approximate surface area is 140 Å². The summed E-state index contributed by atoms with van der Waals surface area (Å²) in [6.07, 6.45) is 2.37. The fourth-order valence-electron chi connectivity index (χ4n) is 2.17. The van der Waals surface area contributed by atoms with Crippen LogP contribution < -0.4 is 11.2 Å². The highest BCUT2D eigenvalue weighted by Crippen LogP contribution is 2.18. The maximum atomic E-state index is 12.1. The summed E-state index contributed by atoms with van der Waals surface area (Å²) in [5, 5.41) is 7.51. The third-order valence-corrected chi connectivity index (χ3v) is 4.43. The number of hydrogen-bond donors (Lipinski definition) is 1. The molecule has 0 aliphatic heterocycles. The molecule has 0 saturated carbocycles. The first-order valence-electron chi connectivity index (χ1n) is 7.04. The molecule has 0 fully saturated rings. The number of aromatic nitrogens is 5. The molecule has 0 amide bonds. The zero-order valence-electron chi connectivity index (χ0n) is 12.3. The van der Waals surface area contributed by atoms with Gasteiger partial charge in [-0.1, -0.05) is 30.3 Å². The molecule has 0 bridgehead atoms. The van der Waals surface area contributed by atoms with Crippen molar-refractivity contribution in [3.05, 3.63) is 56.0 Å². The highest BCUT2D eigenvalue weighted by molar-refractivity contribution is 7.98. The van der Waals surface area contributed by atoms with Gasteiger partial charge in [0.05, 0.1) is 10.7 Å². The summed E-state index contributed by atoms with van der Waals surface area (Å²) in [6, 6.07) is 4.84. The summed E-state index contributed by atoms with van der Waals surface area (Å²) in [7, 11) is 0. The highest BCUT2D eigenvalue weighted by atomic mass is 35.5. The van der Waals surface area contributed by atoms with Crippen molar-refractivity contribution in [3.63, 3.8) is 0 Å². The van der Waals surface area contributed by atoms with Crippen molar-refractivity contribution in [2.45, 2.75) is 30.8 Å². The van der Waals surface area contributed by atoms with Crippen LogP contribution >= 0.6 is 23.4 Å². The Hall–Kier alpha value is -2.06. The predicted molar refractivity (Wildman–Crippen MR) is 89.2 cm³/mol. The van der Waals surface area contributed by atoms with Crippen LogP contribution in [0.2, 0.25) is 5.02 Å². The molecule has 0 atom stereocenters. The fraction of sp³-hybridized carbons (Fsp3) is 0.286. The molecule has 0 unspecified atom stereocenters. The van der Waals surface area contributed by atoms with Crippen LogP contribution in [0, 0.1) is 0 Å². The second-order valence-electron chi connectivity index (χ2n) is 4.91. The van der Waals surface area contributed by atoms with E-state index in [-0.39, 0.29) is 11.2 Å². The van der Waals surface area contributed by atoms with Crippen molar-refractivity contribution in [1.29, 1.82) is 0 Å². The van der Waals surface area contributed by atoms with Crippen LogP contribution in [0.3, 0.4) is 0 Å². The standard InChI is InChI=1S/C14H14ClN5O2S/c1-2-5-19-13(22)17-18-14(19)23-8-10-6-12(21)20-7-9(15)3-4-11(20)16-10/h3-4,6-7H,2,5,8H2,1H3,(H,17,22). The van der Waals surface area contributed by atoms with E-state index in [0.717, 1.165) is 6.42 Å². The summed E-state index contributed by atoms with van der Waals surface area (Å²) >= 11 is 7.25. The molecule has 3 aromatic rings. The summed E-state index contributed by atoms with van der Waals surface area (Å²) < 4.78 is 2.98. The molecule has 0 spiro atoms. The van der Waals surface area contributed by atoms with Gasteiger partial charge in [-0.3, -0.25) is 13.8 Å². The highest BCUT2D eigenvalue weighted by Gasteiger charge is 2.10. The average Bonchev–Trinajstić information content (AvgIpc) is 2.87. The van der Waals surface area contributed by atoms with E-state index in [4.69, 9.17) is 11.6 Å². The molecular formula is C14H14ClN5O2S. The van der Waals surface area contributed by atoms with E-state index >= 15 is 0 Å². The van der Waals surface area contributed by atoms with Crippen LogP contribution in [0.4, 0.5) is 0 Å². The minimum Gasteiger partial charge on any atom is -0.270 e. The Morgan fingerprint density at radius 3 is 2.96 bits per heavy atom. The summed E-state index contributed by atoms with van der Waals surface area (Å²) in [4.78, 5) is 28.2. The minimum absolute atomic E-state index is 0.193. The van der Waals surface area contributed by atoms with Gasteiger partial charge in [0.25, 0.3) is 5.56 Å². The molecule has 3 heterocycles. The summed E-state index contributed by atoms with van der Waals surface area (Å²) in [6.45, 7) is 2.59. The Morgan fingerprint density at radius 2 is 2.17 bits per heavy atom. The third kappa shape index (κ3) is 3.32. The van der Waals surface area contributed by atoms with Crippen LogP contribution in [-0.4, -0.2) is 24.1 Å². The molecule has 7 nitrogen and oxygen atoms in total. The van der Waals surface area contributed by atoms with E-state index in [2.05, 4.69) is 15.2 Å². The second-order valence-corrected chi connectivity index (χ2v) is 6.29. The average molecular weight is 352 g/mol. The van der Waals surface area contributed by atoms with Crippen LogP contribution in [0.5, 0.6) is 0 Å². The monoisotopic (exact) mass is 351 g/mol. The topological polar surface area (TPSA) is 85.0 Å². The Bertz CT molecular complexity index is 962. The number of rotatable bonds is 5. The van der Waals surface area contributed by atoms with Crippen molar-refractivity contribution >= 4 is 29.0 Å². The van der Waals surface area contributed by atoms with E-state index in [1.807, 2.05) is 6.92 Å². The van der Waals surface area contributed by atoms with Crippen molar-refractivity contribution in [2.75, 3.05) is 0 Å². The van der Waals surface area contributed by atoms with Crippen LogP contribution in [0.25, 0.3) is 5.65 Å². The van der Waals surface area contributed by atoms with Gasteiger partial charge in [-0.15, -0.1) is 5.10 Å². The number of thioether (sulfide) groups is 1. The van der Waals surface area contributed by atoms with Gasteiger partial charge in [0.2, 0.25) is 0 Å². The predicted octanol–water partition coefficient (Wildman–Crippen LogP) is 1.93. The van der Waals surface area contributed by atoms with Crippen LogP contribution in [0.15, 0.2) is 39.1 Å². The molecule has 3 aromatic heterocycles. The molecule has 0 aliphatic rings. The lowest BCUT2D eigenvalue weighted by atomic mass is 10.4. The molecule has 120 valence electrons. The lowest BCUT2D eigenvalue weighted by Crippen LogP contribution is -2.17. The van der Waals surface area contributed by atoms with Crippen molar-refractivity contribution in [2.24, 2.45) is 0 Å².